The quantitative estimate of drug-likeness (QED) is 0.848. The Labute approximate surface area is 129 Å². The van der Waals surface area contributed by atoms with Crippen LogP contribution in [0.1, 0.15) is 18.3 Å². The molecule has 1 fully saturated rings. The molecule has 2 aromatic rings. The topological polar surface area (TPSA) is 40.7 Å². The summed E-state index contributed by atoms with van der Waals surface area (Å²) < 4.78 is 27.3. The fourth-order valence-corrected chi connectivity index (χ4v) is 2.62. The molecule has 0 saturated carbocycles. The summed E-state index contributed by atoms with van der Waals surface area (Å²) in [6.45, 7) is -0.287. The Kier molecular flexibility index (Phi) is 4.46. The highest BCUT2D eigenvalue weighted by molar-refractivity contribution is 9.10. The van der Waals surface area contributed by atoms with E-state index in [-0.39, 0.29) is 25.4 Å². The van der Waals surface area contributed by atoms with Crippen LogP contribution < -0.4 is 5.32 Å². The van der Waals surface area contributed by atoms with Gasteiger partial charge in [-0.3, -0.25) is 0 Å². The number of aromatic nitrogens is 2. The first kappa shape index (κ1) is 15.4. The smallest absolute Gasteiger partial charge is 0.262 e. The van der Waals surface area contributed by atoms with Gasteiger partial charge in [0.15, 0.2) is 0 Å². The fraction of sp³-hybridized carbons (Fsp3) is 0.308. The predicted molar refractivity (Wildman–Crippen MR) is 79.3 cm³/mol. The van der Waals surface area contributed by atoms with Crippen molar-refractivity contribution in [1.29, 1.82) is 0 Å². The van der Waals surface area contributed by atoms with E-state index in [1.807, 2.05) is 24.3 Å². The van der Waals surface area contributed by atoms with Gasteiger partial charge in [-0.1, -0.05) is 28.1 Å². The third kappa shape index (κ3) is 3.19. The summed E-state index contributed by atoms with van der Waals surface area (Å²) in [6.07, 6.45) is 1.47. The number of nitrogens with one attached hydrogen (secondary N) is 2. The van der Waals surface area contributed by atoms with E-state index in [1.165, 1.54) is 0 Å². The Balaban J connectivity index is 0.00000147. The molecule has 2 heterocycles. The number of hydrogen-bond acceptors (Lipinski definition) is 2. The van der Waals surface area contributed by atoms with Gasteiger partial charge in [0.2, 0.25) is 0 Å². The largest absolute Gasteiger partial charge is 0.341 e. The molecule has 2 N–H and O–H groups in total. The summed E-state index contributed by atoms with van der Waals surface area (Å²) >= 11 is 3.40. The molecule has 0 aliphatic carbocycles. The number of H-pyrrole nitrogens is 1. The Morgan fingerprint density at radius 3 is 2.80 bits per heavy atom. The number of nitrogens with zero attached hydrogens (tertiary/aromatic N) is 1. The van der Waals surface area contributed by atoms with Gasteiger partial charge < -0.3 is 10.3 Å². The molecule has 3 rings (SSSR count). The molecule has 20 heavy (non-hydrogen) atoms. The SMILES string of the molecule is Cl.FC1(F)CN[C@H](c2ncc(-c3cccc(Br)c3)[nH]2)C1. The Morgan fingerprint density at radius 1 is 1.35 bits per heavy atom. The predicted octanol–water partition coefficient (Wildman–Crippen LogP) is 3.93. The molecule has 0 spiro atoms. The van der Waals surface area contributed by atoms with E-state index >= 15 is 0 Å². The van der Waals surface area contributed by atoms with Gasteiger partial charge in [0.25, 0.3) is 5.92 Å². The molecule has 7 heteroatoms. The van der Waals surface area contributed by atoms with Crippen LogP contribution in [0.3, 0.4) is 0 Å². The minimum Gasteiger partial charge on any atom is -0.341 e. The normalized spacial score (nSPS) is 20.6. The van der Waals surface area contributed by atoms with Gasteiger partial charge >= 0.3 is 0 Å². The maximum Gasteiger partial charge on any atom is 0.262 e. The third-order valence-electron chi connectivity index (χ3n) is 3.17. The Morgan fingerprint density at radius 2 is 2.15 bits per heavy atom. The molecule has 1 aromatic carbocycles. The fourth-order valence-electron chi connectivity index (χ4n) is 2.23. The zero-order chi connectivity index (χ0) is 13.5. The summed E-state index contributed by atoms with van der Waals surface area (Å²) in [4.78, 5) is 7.31. The molecule has 0 radical (unpaired) electrons. The highest BCUT2D eigenvalue weighted by atomic mass is 79.9. The first-order valence-corrected chi connectivity index (χ1v) is 6.75. The molecule has 3 nitrogen and oxygen atoms in total. The van der Waals surface area contributed by atoms with Crippen molar-refractivity contribution in [2.24, 2.45) is 0 Å². The van der Waals surface area contributed by atoms with E-state index in [9.17, 15) is 8.78 Å². The highest BCUT2D eigenvalue weighted by Gasteiger charge is 2.40. The number of rotatable bonds is 2. The summed E-state index contributed by atoms with van der Waals surface area (Å²) in [6, 6.07) is 7.34. The van der Waals surface area contributed by atoms with Crippen molar-refractivity contribution in [2.45, 2.75) is 18.4 Å². The standard InChI is InChI=1S/C13H12BrF2N3.ClH/c14-9-3-1-2-8(4-9)11-6-17-12(19-11)10-5-13(15,16)7-18-10;/h1-4,6,10,18H,5,7H2,(H,17,19);1H/t10-;/m0./s1. The lowest BCUT2D eigenvalue weighted by Gasteiger charge is -2.06. The number of alkyl halides is 2. The van der Waals surface area contributed by atoms with Crippen molar-refractivity contribution in [3.8, 4) is 11.3 Å². The van der Waals surface area contributed by atoms with E-state index < -0.39 is 12.0 Å². The summed E-state index contributed by atoms with van der Waals surface area (Å²) in [7, 11) is 0. The van der Waals surface area contributed by atoms with E-state index in [0.717, 1.165) is 15.7 Å². The van der Waals surface area contributed by atoms with Crippen LogP contribution in [0.4, 0.5) is 8.78 Å². The summed E-state index contributed by atoms with van der Waals surface area (Å²) in [5, 5.41) is 2.79. The molecule has 1 aliphatic heterocycles. The van der Waals surface area contributed by atoms with Gasteiger partial charge in [-0.15, -0.1) is 12.4 Å². The average Bonchev–Trinajstić information content (AvgIpc) is 2.95. The number of benzene rings is 1. The van der Waals surface area contributed by atoms with Crippen molar-refractivity contribution < 1.29 is 8.78 Å². The lowest BCUT2D eigenvalue weighted by Crippen LogP contribution is -2.19. The number of imidazole rings is 1. The van der Waals surface area contributed by atoms with Crippen LogP contribution in [0, 0.1) is 0 Å². The maximum atomic E-state index is 13.2. The average molecular weight is 365 g/mol. The van der Waals surface area contributed by atoms with E-state index in [0.29, 0.717) is 5.82 Å². The second kappa shape index (κ2) is 5.79. The van der Waals surface area contributed by atoms with E-state index in [1.54, 1.807) is 6.20 Å². The lowest BCUT2D eigenvalue weighted by molar-refractivity contribution is 0.0208. The molecule has 0 unspecified atom stereocenters. The molecule has 0 amide bonds. The van der Waals surface area contributed by atoms with Crippen LogP contribution in [0.5, 0.6) is 0 Å². The van der Waals surface area contributed by atoms with Gasteiger partial charge in [-0.2, -0.15) is 0 Å². The number of aromatic amines is 1. The molecular formula is C13H13BrClF2N3. The van der Waals surface area contributed by atoms with Crippen molar-refractivity contribution in [1.82, 2.24) is 15.3 Å². The third-order valence-corrected chi connectivity index (χ3v) is 3.66. The molecule has 1 saturated heterocycles. The molecule has 1 atom stereocenters. The molecule has 0 bridgehead atoms. The van der Waals surface area contributed by atoms with Gasteiger partial charge in [0, 0.05) is 16.5 Å². The number of hydrogen-bond donors (Lipinski definition) is 2. The lowest BCUT2D eigenvalue weighted by atomic mass is 10.2. The van der Waals surface area contributed by atoms with Gasteiger partial charge in [-0.25, -0.2) is 13.8 Å². The second-order valence-electron chi connectivity index (χ2n) is 4.69. The van der Waals surface area contributed by atoms with Crippen molar-refractivity contribution in [3.63, 3.8) is 0 Å². The molecule has 108 valence electrons. The van der Waals surface area contributed by atoms with Crippen LogP contribution in [0.25, 0.3) is 11.3 Å². The first-order chi connectivity index (χ1) is 9.03. The second-order valence-corrected chi connectivity index (χ2v) is 5.60. The van der Waals surface area contributed by atoms with Crippen LogP contribution in [-0.2, 0) is 0 Å². The summed E-state index contributed by atoms with van der Waals surface area (Å²) in [5.74, 6) is -2.08. The van der Waals surface area contributed by atoms with Crippen LogP contribution in [-0.4, -0.2) is 22.4 Å². The minimum atomic E-state index is -2.65. The first-order valence-electron chi connectivity index (χ1n) is 5.96. The zero-order valence-corrected chi connectivity index (χ0v) is 12.8. The van der Waals surface area contributed by atoms with Crippen LogP contribution >= 0.6 is 28.3 Å². The van der Waals surface area contributed by atoms with E-state index in [2.05, 4.69) is 31.2 Å². The summed E-state index contributed by atoms with van der Waals surface area (Å²) in [5.41, 5.74) is 1.80. The molecular weight excluding hydrogens is 352 g/mol. The minimum absolute atomic E-state index is 0. The zero-order valence-electron chi connectivity index (χ0n) is 10.4. The molecule has 1 aliphatic rings. The van der Waals surface area contributed by atoms with Crippen molar-refractivity contribution in [2.75, 3.05) is 6.54 Å². The molecule has 1 aromatic heterocycles. The van der Waals surface area contributed by atoms with Gasteiger partial charge in [0.05, 0.1) is 24.5 Å². The monoisotopic (exact) mass is 363 g/mol. The van der Waals surface area contributed by atoms with Crippen LogP contribution in [0.15, 0.2) is 34.9 Å². The Bertz CT molecular complexity index is 603. The number of halogens is 4. The maximum absolute atomic E-state index is 13.2. The van der Waals surface area contributed by atoms with Gasteiger partial charge in [0.1, 0.15) is 5.82 Å². The van der Waals surface area contributed by atoms with Crippen molar-refractivity contribution in [3.05, 3.63) is 40.8 Å². The highest BCUT2D eigenvalue weighted by Crippen LogP contribution is 2.33. The van der Waals surface area contributed by atoms with Gasteiger partial charge in [-0.05, 0) is 12.1 Å². The van der Waals surface area contributed by atoms with Crippen molar-refractivity contribution >= 4 is 28.3 Å². The van der Waals surface area contributed by atoms with Crippen LogP contribution in [0.2, 0.25) is 0 Å². The Hall–Kier alpha value is -0.980. The van der Waals surface area contributed by atoms with E-state index in [4.69, 9.17) is 0 Å².